The van der Waals surface area contributed by atoms with E-state index < -0.39 is 15.9 Å². The average molecular weight is 266 g/mol. The molecule has 0 N–H and O–H groups in total. The normalized spacial score (nSPS) is 13.2. The molecule has 17 heavy (non-hydrogen) atoms. The van der Waals surface area contributed by atoms with Crippen LogP contribution in [0.5, 0.6) is 0 Å². The quantitative estimate of drug-likeness (QED) is 0.603. The van der Waals surface area contributed by atoms with Crippen LogP contribution in [0.15, 0.2) is 30.3 Å². The Morgan fingerprint density at radius 2 is 1.88 bits per heavy atom. The van der Waals surface area contributed by atoms with Gasteiger partial charge in [0, 0.05) is 6.04 Å². The first-order valence-electron chi connectivity index (χ1n) is 6.18. The van der Waals surface area contributed by atoms with Crippen molar-refractivity contribution >= 4 is 27.1 Å². The second kappa shape index (κ2) is 6.16. The fraction of sp³-hybridized carbons (Fsp3) is 0.462. The monoisotopic (exact) mass is 266 g/mol. The SMILES string of the molecule is CCOC(=O)C[Si](C)(C)[SiH](C)c1ccccc1. The van der Waals surface area contributed by atoms with Gasteiger partial charge in [-0.2, -0.15) is 0 Å². The topological polar surface area (TPSA) is 26.3 Å². The number of benzene rings is 1. The van der Waals surface area contributed by atoms with E-state index in [2.05, 4.69) is 43.9 Å². The molecule has 4 heteroatoms. The van der Waals surface area contributed by atoms with Crippen molar-refractivity contribution in [1.29, 1.82) is 0 Å². The second-order valence-electron chi connectivity index (χ2n) is 5.10. The summed E-state index contributed by atoms with van der Waals surface area (Å²) in [5, 5.41) is 1.47. The predicted octanol–water partition coefficient (Wildman–Crippen LogP) is 2.10. The number of rotatable bonds is 5. The van der Waals surface area contributed by atoms with Crippen LogP contribution in [0.25, 0.3) is 0 Å². The molecule has 1 aromatic carbocycles. The average Bonchev–Trinajstić information content (AvgIpc) is 2.28. The van der Waals surface area contributed by atoms with Gasteiger partial charge in [-0.1, -0.05) is 55.2 Å². The van der Waals surface area contributed by atoms with E-state index in [1.165, 1.54) is 5.19 Å². The fourth-order valence-corrected chi connectivity index (χ4v) is 9.49. The molecule has 0 aliphatic rings. The zero-order valence-electron chi connectivity index (χ0n) is 11.2. The van der Waals surface area contributed by atoms with Crippen molar-refractivity contribution in [3.05, 3.63) is 30.3 Å². The zero-order valence-corrected chi connectivity index (χ0v) is 13.3. The lowest BCUT2D eigenvalue weighted by atomic mass is 10.4. The third-order valence-electron chi connectivity index (χ3n) is 3.38. The number of carbonyl (C=O) groups is 1. The van der Waals surface area contributed by atoms with Gasteiger partial charge in [0.1, 0.15) is 0 Å². The van der Waals surface area contributed by atoms with Crippen molar-refractivity contribution in [1.82, 2.24) is 0 Å². The van der Waals surface area contributed by atoms with E-state index >= 15 is 0 Å². The third-order valence-corrected chi connectivity index (χ3v) is 17.0. The summed E-state index contributed by atoms with van der Waals surface area (Å²) in [6.07, 6.45) is 0. The molecule has 0 aliphatic carbocycles. The standard InChI is InChI=1S/C13H22O2Si2/c1-5-15-13(14)11-17(3,4)16(2)12-9-7-6-8-10-12/h6-10,16H,5,11H2,1-4H3. The lowest BCUT2D eigenvalue weighted by Crippen LogP contribution is -2.52. The maximum atomic E-state index is 11.6. The van der Waals surface area contributed by atoms with Crippen molar-refractivity contribution in [3.63, 3.8) is 0 Å². The molecule has 1 aromatic rings. The van der Waals surface area contributed by atoms with Crippen LogP contribution in [0.4, 0.5) is 0 Å². The highest BCUT2D eigenvalue weighted by Crippen LogP contribution is 2.14. The van der Waals surface area contributed by atoms with Gasteiger partial charge in [-0.15, -0.1) is 0 Å². The Hall–Kier alpha value is -0.876. The maximum absolute atomic E-state index is 11.6. The first-order chi connectivity index (χ1) is 7.97. The minimum absolute atomic E-state index is 0.0144. The summed E-state index contributed by atoms with van der Waals surface area (Å²) >= 11 is 0. The van der Waals surface area contributed by atoms with Gasteiger partial charge in [0.05, 0.1) is 22.5 Å². The summed E-state index contributed by atoms with van der Waals surface area (Å²) < 4.78 is 5.08. The molecule has 0 heterocycles. The van der Waals surface area contributed by atoms with Gasteiger partial charge in [-0.05, 0) is 6.92 Å². The third kappa shape index (κ3) is 4.13. The Balaban J connectivity index is 2.73. The Morgan fingerprint density at radius 3 is 2.41 bits per heavy atom. The fourth-order valence-electron chi connectivity index (χ4n) is 1.93. The highest BCUT2D eigenvalue weighted by molar-refractivity contribution is 7.37. The van der Waals surface area contributed by atoms with Crippen LogP contribution in [-0.4, -0.2) is 28.5 Å². The smallest absolute Gasteiger partial charge is 0.302 e. The Morgan fingerprint density at radius 1 is 1.29 bits per heavy atom. The van der Waals surface area contributed by atoms with Gasteiger partial charge in [-0.25, -0.2) is 0 Å². The van der Waals surface area contributed by atoms with Crippen molar-refractivity contribution in [2.24, 2.45) is 0 Å². The van der Waals surface area contributed by atoms with E-state index in [9.17, 15) is 4.79 Å². The van der Waals surface area contributed by atoms with E-state index in [4.69, 9.17) is 4.74 Å². The molecule has 1 rings (SSSR count). The van der Waals surface area contributed by atoms with Gasteiger partial charge < -0.3 is 4.74 Å². The van der Waals surface area contributed by atoms with Crippen LogP contribution in [0, 0.1) is 0 Å². The summed E-state index contributed by atoms with van der Waals surface area (Å²) in [6, 6.07) is 11.3. The van der Waals surface area contributed by atoms with Crippen molar-refractivity contribution in [2.45, 2.75) is 32.6 Å². The number of carbonyl (C=O) groups excluding carboxylic acids is 1. The van der Waals surface area contributed by atoms with Crippen LogP contribution in [0.2, 0.25) is 25.7 Å². The van der Waals surface area contributed by atoms with Crippen LogP contribution in [-0.2, 0) is 9.53 Å². The highest BCUT2D eigenvalue weighted by Gasteiger charge is 2.33. The molecular formula is C13H22O2Si2. The minimum Gasteiger partial charge on any atom is -0.466 e. The Labute approximate surface area is 106 Å². The molecule has 0 saturated heterocycles. The van der Waals surface area contributed by atoms with Crippen LogP contribution < -0.4 is 5.19 Å². The maximum Gasteiger partial charge on any atom is 0.302 e. The molecule has 0 aromatic heterocycles. The minimum atomic E-state index is -1.48. The van der Waals surface area contributed by atoms with Crippen molar-refractivity contribution in [3.8, 4) is 0 Å². The first-order valence-corrected chi connectivity index (χ1v) is 12.9. The molecule has 0 amide bonds. The lowest BCUT2D eigenvalue weighted by Gasteiger charge is -2.28. The van der Waals surface area contributed by atoms with Crippen molar-refractivity contribution in [2.75, 3.05) is 6.61 Å². The van der Waals surface area contributed by atoms with E-state index in [1.54, 1.807) is 0 Å². The predicted molar refractivity (Wildman–Crippen MR) is 78.0 cm³/mol. The number of esters is 1. The summed E-state index contributed by atoms with van der Waals surface area (Å²) in [5.41, 5.74) is 0. The largest absolute Gasteiger partial charge is 0.466 e. The molecular weight excluding hydrogens is 244 g/mol. The van der Waals surface area contributed by atoms with E-state index in [-0.39, 0.29) is 5.97 Å². The lowest BCUT2D eigenvalue weighted by molar-refractivity contribution is -0.140. The van der Waals surface area contributed by atoms with E-state index in [0.29, 0.717) is 12.7 Å². The summed E-state index contributed by atoms with van der Waals surface area (Å²) in [5.74, 6) is -0.0144. The summed E-state index contributed by atoms with van der Waals surface area (Å²) in [4.78, 5) is 11.6. The van der Waals surface area contributed by atoms with E-state index in [1.807, 2.05) is 13.0 Å². The molecule has 0 fully saturated rings. The molecule has 0 spiro atoms. The summed E-state index contributed by atoms with van der Waals surface area (Å²) in [6.45, 7) is 9.34. The van der Waals surface area contributed by atoms with Crippen molar-refractivity contribution < 1.29 is 9.53 Å². The Kier molecular flexibility index (Phi) is 5.14. The van der Waals surface area contributed by atoms with Gasteiger partial charge in [0.2, 0.25) is 0 Å². The highest BCUT2D eigenvalue weighted by atomic mass is 29.2. The molecule has 94 valence electrons. The van der Waals surface area contributed by atoms with Gasteiger partial charge in [-0.3, -0.25) is 4.79 Å². The molecule has 0 aliphatic heterocycles. The molecule has 2 nitrogen and oxygen atoms in total. The number of ether oxygens (including phenoxy) is 1. The van der Waals surface area contributed by atoms with Crippen LogP contribution >= 0.6 is 0 Å². The molecule has 0 bridgehead atoms. The first kappa shape index (κ1) is 14.2. The van der Waals surface area contributed by atoms with Gasteiger partial charge in [0.15, 0.2) is 0 Å². The molecule has 1 atom stereocenters. The van der Waals surface area contributed by atoms with Crippen LogP contribution in [0.1, 0.15) is 6.92 Å². The molecule has 0 radical (unpaired) electrons. The number of hydrogen-bond donors (Lipinski definition) is 0. The van der Waals surface area contributed by atoms with E-state index in [0.717, 1.165) is 0 Å². The number of hydrogen-bond acceptors (Lipinski definition) is 2. The van der Waals surface area contributed by atoms with Crippen LogP contribution in [0.3, 0.4) is 0 Å². The molecule has 0 saturated carbocycles. The summed E-state index contributed by atoms with van der Waals surface area (Å²) in [7, 11) is -2.50. The van der Waals surface area contributed by atoms with Gasteiger partial charge >= 0.3 is 5.97 Å². The molecule has 1 unspecified atom stereocenters. The Bertz CT molecular complexity index is 363. The zero-order chi connectivity index (χ0) is 12.9. The van der Waals surface area contributed by atoms with Gasteiger partial charge in [0.25, 0.3) is 0 Å². The second-order valence-corrected chi connectivity index (χ2v) is 18.8.